The van der Waals surface area contributed by atoms with Gasteiger partial charge in [0.15, 0.2) is 11.5 Å². The number of hydrogen-bond donors (Lipinski definition) is 1. The van der Waals surface area contributed by atoms with Crippen LogP contribution in [0.1, 0.15) is 18.1 Å². The molecule has 10 heteroatoms. The van der Waals surface area contributed by atoms with Gasteiger partial charge < -0.3 is 19.5 Å². The summed E-state index contributed by atoms with van der Waals surface area (Å²) in [6.45, 7) is 2.09. The Kier molecular flexibility index (Phi) is 4.89. The van der Waals surface area contributed by atoms with Crippen LogP contribution in [0.25, 0.3) is 0 Å². The average Bonchev–Trinajstić information content (AvgIpc) is 2.66. The number of fused-ring (bicyclic) bond motifs is 2. The molecule has 0 aromatic heterocycles. The summed E-state index contributed by atoms with van der Waals surface area (Å²) >= 11 is 0. The Labute approximate surface area is 167 Å². The smallest absolute Gasteiger partial charge is 0.416 e. The first kappa shape index (κ1) is 20.8. The highest BCUT2D eigenvalue weighted by Crippen LogP contribution is 2.51. The number of halogens is 6. The van der Waals surface area contributed by atoms with E-state index in [4.69, 9.17) is 9.47 Å². The van der Waals surface area contributed by atoms with Crippen LogP contribution in [0.2, 0.25) is 0 Å². The van der Waals surface area contributed by atoms with Crippen LogP contribution in [-0.4, -0.2) is 30.5 Å². The highest BCUT2D eigenvalue weighted by molar-refractivity contribution is 5.79. The SMILES string of the molecule is C[C@@H]1COC[C@H](N2c3ccc(C(F)(F)F)cc3Oc3cc(C(F)(F)F)ccc32)[C@H]1O. The Balaban J connectivity index is 1.87. The molecule has 0 aliphatic carbocycles. The van der Waals surface area contributed by atoms with Gasteiger partial charge in [0, 0.05) is 5.92 Å². The van der Waals surface area contributed by atoms with E-state index in [1.807, 2.05) is 0 Å². The van der Waals surface area contributed by atoms with Crippen LogP contribution in [0.4, 0.5) is 37.7 Å². The zero-order valence-corrected chi connectivity index (χ0v) is 15.6. The Morgan fingerprint density at radius 3 is 1.83 bits per heavy atom. The van der Waals surface area contributed by atoms with Gasteiger partial charge in [0.2, 0.25) is 0 Å². The minimum atomic E-state index is -4.65. The van der Waals surface area contributed by atoms with Crippen molar-refractivity contribution in [3.05, 3.63) is 47.5 Å². The quantitative estimate of drug-likeness (QED) is 0.615. The Hall–Kier alpha value is -2.46. The first-order valence-corrected chi connectivity index (χ1v) is 9.12. The van der Waals surface area contributed by atoms with E-state index in [-0.39, 0.29) is 35.4 Å². The standard InChI is InChI=1S/C20H17F6NO3/c1-10-8-29-9-15(18(10)28)27-13-4-2-11(19(21,22)23)6-16(13)30-17-7-12(20(24,25)26)3-5-14(17)27/h2-7,10,15,18,28H,8-9H2,1H3/t10-,15+,18+/m1/s1. The molecule has 0 bridgehead atoms. The normalized spacial score (nSPS) is 24.1. The lowest BCUT2D eigenvalue weighted by Crippen LogP contribution is -2.52. The molecule has 0 radical (unpaired) electrons. The number of anilines is 2. The van der Waals surface area contributed by atoms with Gasteiger partial charge in [-0.15, -0.1) is 0 Å². The minimum absolute atomic E-state index is 0.0480. The second-order valence-electron chi connectivity index (χ2n) is 7.41. The van der Waals surface area contributed by atoms with Crippen LogP contribution >= 0.6 is 0 Å². The fourth-order valence-electron chi connectivity index (χ4n) is 3.73. The van der Waals surface area contributed by atoms with Crippen LogP contribution < -0.4 is 9.64 Å². The molecule has 0 unspecified atom stereocenters. The van der Waals surface area contributed by atoms with Gasteiger partial charge in [0.1, 0.15) is 0 Å². The summed E-state index contributed by atoms with van der Waals surface area (Å²) in [4.78, 5) is 1.49. The lowest BCUT2D eigenvalue weighted by atomic mass is 9.93. The van der Waals surface area contributed by atoms with E-state index in [1.165, 1.54) is 17.0 Å². The Morgan fingerprint density at radius 1 is 0.867 bits per heavy atom. The molecule has 162 valence electrons. The van der Waals surface area contributed by atoms with Crippen molar-refractivity contribution in [2.24, 2.45) is 5.92 Å². The summed E-state index contributed by atoms with van der Waals surface area (Å²) in [5.41, 5.74) is -1.58. The molecular formula is C20H17F6NO3. The van der Waals surface area contributed by atoms with Gasteiger partial charge in [-0.1, -0.05) is 6.92 Å². The third-order valence-corrected chi connectivity index (χ3v) is 5.29. The molecular weight excluding hydrogens is 416 g/mol. The summed E-state index contributed by atoms with van der Waals surface area (Å²) in [5, 5.41) is 10.7. The highest BCUT2D eigenvalue weighted by Gasteiger charge is 2.41. The van der Waals surface area contributed by atoms with Crippen LogP contribution in [-0.2, 0) is 17.1 Å². The number of aliphatic hydroxyl groups excluding tert-OH is 1. The maximum Gasteiger partial charge on any atom is 0.416 e. The molecule has 0 spiro atoms. The summed E-state index contributed by atoms with van der Waals surface area (Å²) in [7, 11) is 0. The van der Waals surface area contributed by atoms with E-state index in [0.717, 1.165) is 24.3 Å². The minimum Gasteiger partial charge on any atom is -0.453 e. The van der Waals surface area contributed by atoms with E-state index in [1.54, 1.807) is 6.92 Å². The second kappa shape index (κ2) is 7.05. The van der Waals surface area contributed by atoms with E-state index in [0.29, 0.717) is 6.61 Å². The van der Waals surface area contributed by atoms with Gasteiger partial charge in [0.25, 0.3) is 0 Å². The van der Waals surface area contributed by atoms with Crippen molar-refractivity contribution < 1.29 is 40.9 Å². The molecule has 1 N–H and O–H groups in total. The number of hydrogen-bond acceptors (Lipinski definition) is 4. The second-order valence-corrected chi connectivity index (χ2v) is 7.41. The van der Waals surface area contributed by atoms with Gasteiger partial charge >= 0.3 is 12.4 Å². The van der Waals surface area contributed by atoms with Gasteiger partial charge in [-0.3, -0.25) is 0 Å². The third kappa shape index (κ3) is 3.58. The van der Waals surface area contributed by atoms with Crippen molar-refractivity contribution in [2.75, 3.05) is 18.1 Å². The average molecular weight is 433 g/mol. The lowest BCUT2D eigenvalue weighted by Gasteiger charge is -2.44. The predicted octanol–water partition coefficient (Wildman–Crippen LogP) is 5.36. The predicted molar refractivity (Wildman–Crippen MR) is 94.9 cm³/mol. The van der Waals surface area contributed by atoms with Gasteiger partial charge in [-0.2, -0.15) is 26.3 Å². The molecule has 0 amide bonds. The van der Waals surface area contributed by atoms with Crippen LogP contribution in [0.3, 0.4) is 0 Å². The van der Waals surface area contributed by atoms with Crippen molar-refractivity contribution in [3.8, 4) is 11.5 Å². The topological polar surface area (TPSA) is 41.9 Å². The highest BCUT2D eigenvalue weighted by atomic mass is 19.4. The number of rotatable bonds is 1. The molecule has 2 heterocycles. The Bertz CT molecular complexity index is 895. The number of alkyl halides is 6. The molecule has 0 saturated carbocycles. The molecule has 4 rings (SSSR count). The fourth-order valence-corrected chi connectivity index (χ4v) is 3.73. The first-order valence-electron chi connectivity index (χ1n) is 9.12. The van der Waals surface area contributed by atoms with E-state index in [9.17, 15) is 31.4 Å². The number of benzene rings is 2. The maximum absolute atomic E-state index is 13.2. The molecule has 4 nitrogen and oxygen atoms in total. The zero-order valence-electron chi connectivity index (χ0n) is 15.6. The van der Waals surface area contributed by atoms with Crippen LogP contribution in [0, 0.1) is 5.92 Å². The monoisotopic (exact) mass is 433 g/mol. The van der Waals surface area contributed by atoms with Gasteiger partial charge in [-0.05, 0) is 36.4 Å². The van der Waals surface area contributed by atoms with Crippen molar-refractivity contribution in [2.45, 2.75) is 31.4 Å². The van der Waals surface area contributed by atoms with Crippen LogP contribution in [0.15, 0.2) is 36.4 Å². The summed E-state index contributed by atoms with van der Waals surface area (Å²) in [6.07, 6.45) is -10.2. The van der Waals surface area contributed by atoms with Crippen molar-refractivity contribution in [3.63, 3.8) is 0 Å². The molecule has 2 aliphatic heterocycles. The third-order valence-electron chi connectivity index (χ3n) is 5.29. The summed E-state index contributed by atoms with van der Waals surface area (Å²) < 4.78 is 89.9. The summed E-state index contributed by atoms with van der Waals surface area (Å²) in [5.74, 6) is -0.772. The molecule has 1 fully saturated rings. The molecule has 1 saturated heterocycles. The van der Waals surface area contributed by atoms with E-state index >= 15 is 0 Å². The van der Waals surface area contributed by atoms with Gasteiger partial charge in [-0.25, -0.2) is 0 Å². The molecule has 2 aliphatic rings. The Morgan fingerprint density at radius 2 is 1.37 bits per heavy atom. The van der Waals surface area contributed by atoms with Crippen LogP contribution in [0.5, 0.6) is 11.5 Å². The lowest BCUT2D eigenvalue weighted by molar-refractivity contribution is -0.138. The zero-order chi connectivity index (χ0) is 21.8. The van der Waals surface area contributed by atoms with Crippen molar-refractivity contribution in [1.82, 2.24) is 0 Å². The number of aliphatic hydroxyl groups is 1. The number of ether oxygens (including phenoxy) is 2. The molecule has 3 atom stereocenters. The van der Waals surface area contributed by atoms with Crippen molar-refractivity contribution >= 4 is 11.4 Å². The maximum atomic E-state index is 13.2. The van der Waals surface area contributed by atoms with Crippen molar-refractivity contribution in [1.29, 1.82) is 0 Å². The van der Waals surface area contributed by atoms with E-state index in [2.05, 4.69) is 0 Å². The number of nitrogens with zero attached hydrogens (tertiary/aromatic N) is 1. The van der Waals surface area contributed by atoms with Gasteiger partial charge in [0.05, 0.1) is 47.9 Å². The van der Waals surface area contributed by atoms with E-state index < -0.39 is 35.6 Å². The fraction of sp³-hybridized carbons (Fsp3) is 0.400. The molecule has 2 aromatic carbocycles. The molecule has 2 aromatic rings. The first-order chi connectivity index (χ1) is 14.0. The summed E-state index contributed by atoms with van der Waals surface area (Å²) in [6, 6.07) is 4.86. The largest absolute Gasteiger partial charge is 0.453 e. The molecule has 30 heavy (non-hydrogen) atoms.